The van der Waals surface area contributed by atoms with Crippen LogP contribution in [0, 0.1) is 5.92 Å². The van der Waals surface area contributed by atoms with Gasteiger partial charge in [-0.3, -0.25) is 0 Å². The first-order chi connectivity index (χ1) is 8.47. The molecular formula is C12H20F3N3. The quantitative estimate of drug-likeness (QED) is 0.583. The van der Waals surface area contributed by atoms with Crippen LogP contribution in [0.1, 0.15) is 38.5 Å². The Hall–Kier alpha value is -0.940. The highest BCUT2D eigenvalue weighted by Crippen LogP contribution is 2.34. The molecule has 0 aromatic carbocycles. The minimum atomic E-state index is -4.07. The lowest BCUT2D eigenvalue weighted by molar-refractivity contribution is -0.183. The third-order valence-electron chi connectivity index (χ3n) is 3.92. The van der Waals surface area contributed by atoms with Crippen LogP contribution in [-0.4, -0.2) is 36.2 Å². The number of rotatable bonds is 1. The molecule has 6 heteroatoms. The average Bonchev–Trinajstić information content (AvgIpc) is 2.81. The smallest absolute Gasteiger partial charge is 0.370 e. The predicted octanol–water partition coefficient (Wildman–Crippen LogP) is 2.52. The fourth-order valence-electron chi connectivity index (χ4n) is 2.74. The van der Waals surface area contributed by atoms with Crippen molar-refractivity contribution in [3.8, 4) is 0 Å². The van der Waals surface area contributed by atoms with Gasteiger partial charge in [0.15, 0.2) is 5.96 Å². The van der Waals surface area contributed by atoms with Crippen LogP contribution in [0.4, 0.5) is 13.2 Å². The van der Waals surface area contributed by atoms with E-state index < -0.39 is 12.1 Å². The Morgan fingerprint density at radius 1 is 1.06 bits per heavy atom. The van der Waals surface area contributed by atoms with Crippen molar-refractivity contribution >= 4 is 5.96 Å². The summed E-state index contributed by atoms with van der Waals surface area (Å²) in [7, 11) is 0. The first-order valence-corrected chi connectivity index (χ1v) is 6.62. The zero-order chi connectivity index (χ0) is 13.2. The predicted molar refractivity (Wildman–Crippen MR) is 64.2 cm³/mol. The van der Waals surface area contributed by atoms with Gasteiger partial charge in [0, 0.05) is 13.1 Å². The van der Waals surface area contributed by atoms with Gasteiger partial charge in [-0.1, -0.05) is 12.8 Å². The Balaban J connectivity index is 1.85. The number of halogens is 3. The number of hydrogen-bond donors (Lipinski definition) is 1. The van der Waals surface area contributed by atoms with Crippen molar-refractivity contribution in [2.24, 2.45) is 16.6 Å². The number of guanidine groups is 1. The minimum absolute atomic E-state index is 0.129. The van der Waals surface area contributed by atoms with Crippen LogP contribution in [0.3, 0.4) is 0 Å². The number of nitrogens with two attached hydrogens (primary N) is 1. The van der Waals surface area contributed by atoms with Gasteiger partial charge in [0.25, 0.3) is 0 Å². The lowest BCUT2D eigenvalue weighted by Gasteiger charge is -2.33. The van der Waals surface area contributed by atoms with Gasteiger partial charge in [0.1, 0.15) is 0 Å². The van der Waals surface area contributed by atoms with Gasteiger partial charge >= 0.3 is 6.18 Å². The number of aliphatic imine (C=N–C) groups is 1. The van der Waals surface area contributed by atoms with Crippen molar-refractivity contribution in [3.05, 3.63) is 0 Å². The van der Waals surface area contributed by atoms with E-state index in [4.69, 9.17) is 5.73 Å². The molecule has 0 aromatic rings. The van der Waals surface area contributed by atoms with Crippen LogP contribution in [0.25, 0.3) is 0 Å². The van der Waals surface area contributed by atoms with E-state index in [1.165, 1.54) is 12.8 Å². The molecule has 1 saturated carbocycles. The number of likely N-dealkylation sites (tertiary alicyclic amines) is 1. The maximum atomic E-state index is 12.5. The molecule has 1 heterocycles. The van der Waals surface area contributed by atoms with E-state index in [0.29, 0.717) is 19.0 Å². The van der Waals surface area contributed by atoms with E-state index in [0.717, 1.165) is 12.8 Å². The molecule has 0 radical (unpaired) electrons. The van der Waals surface area contributed by atoms with Gasteiger partial charge in [-0.15, -0.1) is 0 Å². The maximum Gasteiger partial charge on any atom is 0.391 e. The average molecular weight is 263 g/mol. The van der Waals surface area contributed by atoms with Gasteiger partial charge in [-0.2, -0.15) is 13.2 Å². The second kappa shape index (κ2) is 5.36. The van der Waals surface area contributed by atoms with E-state index in [2.05, 4.69) is 4.99 Å². The highest BCUT2D eigenvalue weighted by atomic mass is 19.4. The fourth-order valence-corrected chi connectivity index (χ4v) is 2.74. The van der Waals surface area contributed by atoms with Gasteiger partial charge in [-0.25, -0.2) is 4.99 Å². The lowest BCUT2D eigenvalue weighted by Crippen LogP contribution is -2.45. The normalized spacial score (nSPS) is 24.8. The Morgan fingerprint density at radius 2 is 1.61 bits per heavy atom. The summed E-state index contributed by atoms with van der Waals surface area (Å²) in [5, 5.41) is 0. The topological polar surface area (TPSA) is 41.6 Å². The molecule has 18 heavy (non-hydrogen) atoms. The standard InChI is InChI=1S/C12H20F3N3/c13-12(14,15)9-5-7-18(8-6-9)11(16)17-10-3-1-2-4-10/h9-10H,1-8H2,(H2,16,17). The second-order valence-electron chi connectivity index (χ2n) is 5.23. The molecule has 1 aliphatic carbocycles. The molecule has 2 aliphatic rings. The summed E-state index contributed by atoms with van der Waals surface area (Å²) in [5.74, 6) is -0.740. The molecule has 0 unspecified atom stereocenters. The van der Waals surface area contributed by atoms with Crippen molar-refractivity contribution in [1.29, 1.82) is 0 Å². The van der Waals surface area contributed by atoms with Crippen LogP contribution < -0.4 is 5.73 Å². The molecule has 1 aliphatic heterocycles. The summed E-state index contributed by atoms with van der Waals surface area (Å²) in [6.45, 7) is 0.735. The highest BCUT2D eigenvalue weighted by Gasteiger charge is 2.41. The van der Waals surface area contributed by atoms with Gasteiger partial charge in [0.2, 0.25) is 0 Å². The minimum Gasteiger partial charge on any atom is -0.370 e. The zero-order valence-corrected chi connectivity index (χ0v) is 10.4. The molecule has 0 aromatic heterocycles. The van der Waals surface area contributed by atoms with Crippen molar-refractivity contribution in [2.45, 2.75) is 50.7 Å². The van der Waals surface area contributed by atoms with Crippen LogP contribution in [0.15, 0.2) is 4.99 Å². The molecule has 0 spiro atoms. The number of piperidine rings is 1. The van der Waals surface area contributed by atoms with E-state index in [9.17, 15) is 13.2 Å². The monoisotopic (exact) mass is 263 g/mol. The van der Waals surface area contributed by atoms with Gasteiger partial charge in [-0.05, 0) is 25.7 Å². The van der Waals surface area contributed by atoms with Crippen LogP contribution >= 0.6 is 0 Å². The molecule has 104 valence electrons. The highest BCUT2D eigenvalue weighted by molar-refractivity contribution is 5.78. The molecule has 2 N–H and O–H groups in total. The first-order valence-electron chi connectivity index (χ1n) is 6.62. The Labute approximate surface area is 105 Å². The van der Waals surface area contributed by atoms with E-state index in [1.54, 1.807) is 4.90 Å². The second-order valence-corrected chi connectivity index (χ2v) is 5.23. The molecule has 2 rings (SSSR count). The molecule has 0 bridgehead atoms. The first kappa shape index (κ1) is 13.5. The largest absolute Gasteiger partial charge is 0.391 e. The molecule has 3 nitrogen and oxygen atoms in total. The van der Waals surface area contributed by atoms with E-state index in [1.807, 2.05) is 0 Å². The van der Waals surface area contributed by atoms with E-state index in [-0.39, 0.29) is 18.9 Å². The zero-order valence-electron chi connectivity index (χ0n) is 10.4. The van der Waals surface area contributed by atoms with Crippen LogP contribution in [0.5, 0.6) is 0 Å². The summed E-state index contributed by atoms with van der Waals surface area (Å²) in [6, 6.07) is 0.283. The van der Waals surface area contributed by atoms with Crippen LogP contribution in [0.2, 0.25) is 0 Å². The van der Waals surface area contributed by atoms with Crippen molar-refractivity contribution in [1.82, 2.24) is 4.90 Å². The maximum absolute atomic E-state index is 12.5. The van der Waals surface area contributed by atoms with Crippen molar-refractivity contribution in [2.75, 3.05) is 13.1 Å². The van der Waals surface area contributed by atoms with Gasteiger partial charge in [0.05, 0.1) is 12.0 Å². The summed E-state index contributed by atoms with van der Waals surface area (Å²) < 4.78 is 37.6. The molecule has 0 atom stereocenters. The number of hydrogen-bond acceptors (Lipinski definition) is 1. The summed E-state index contributed by atoms with van der Waals surface area (Å²) >= 11 is 0. The summed E-state index contributed by atoms with van der Waals surface area (Å²) in [4.78, 5) is 6.22. The summed E-state index contributed by atoms with van der Waals surface area (Å²) in [6.07, 6.45) is 0.660. The van der Waals surface area contributed by atoms with E-state index >= 15 is 0 Å². The molecule has 2 fully saturated rings. The molecule has 0 amide bonds. The fraction of sp³-hybridized carbons (Fsp3) is 0.917. The van der Waals surface area contributed by atoms with Crippen molar-refractivity contribution in [3.63, 3.8) is 0 Å². The third kappa shape index (κ3) is 3.29. The molecular weight excluding hydrogens is 243 g/mol. The Bertz CT molecular complexity index is 300. The number of alkyl halides is 3. The van der Waals surface area contributed by atoms with Gasteiger partial charge < -0.3 is 10.6 Å². The van der Waals surface area contributed by atoms with Crippen molar-refractivity contribution < 1.29 is 13.2 Å². The lowest BCUT2D eigenvalue weighted by atomic mass is 9.96. The summed E-state index contributed by atoms with van der Waals surface area (Å²) in [5.41, 5.74) is 5.88. The van der Waals surface area contributed by atoms with Crippen LogP contribution in [-0.2, 0) is 0 Å². The Kier molecular flexibility index (Phi) is 4.02. The Morgan fingerprint density at radius 3 is 2.11 bits per heavy atom. The number of nitrogens with zero attached hydrogens (tertiary/aromatic N) is 2. The SMILES string of the molecule is NC(=NC1CCCC1)N1CCC(C(F)(F)F)CC1. The third-order valence-corrected chi connectivity index (χ3v) is 3.92. The molecule has 1 saturated heterocycles.